The molecular weight excluding hydrogens is 241 g/mol. The Morgan fingerprint density at radius 1 is 1.32 bits per heavy atom. The number of nitrogens with one attached hydrogen (secondary N) is 1. The van der Waals surface area contributed by atoms with Gasteiger partial charge in [0, 0.05) is 19.2 Å². The van der Waals surface area contributed by atoms with E-state index in [2.05, 4.69) is 12.2 Å². The van der Waals surface area contributed by atoms with Crippen molar-refractivity contribution < 1.29 is 9.13 Å². The molecule has 0 aromatic heterocycles. The minimum Gasteiger partial charge on any atom is -0.381 e. The van der Waals surface area contributed by atoms with Gasteiger partial charge in [0.05, 0.1) is 6.10 Å². The Morgan fingerprint density at radius 2 is 2.00 bits per heavy atom. The van der Waals surface area contributed by atoms with E-state index >= 15 is 0 Å². The molecule has 106 valence electrons. The van der Waals surface area contributed by atoms with Crippen molar-refractivity contribution in [2.24, 2.45) is 0 Å². The molecule has 3 heteroatoms. The average molecular weight is 265 g/mol. The summed E-state index contributed by atoms with van der Waals surface area (Å²) in [6.45, 7) is 2.20. The summed E-state index contributed by atoms with van der Waals surface area (Å²) in [6.07, 6.45) is 6.06. The van der Waals surface area contributed by atoms with Gasteiger partial charge in [-0.2, -0.15) is 0 Å². The number of rotatable bonds is 7. The molecule has 2 nitrogen and oxygen atoms in total. The molecule has 2 rings (SSSR count). The van der Waals surface area contributed by atoms with E-state index in [9.17, 15) is 4.39 Å². The number of methoxy groups -OCH3 is 1. The van der Waals surface area contributed by atoms with Gasteiger partial charge >= 0.3 is 0 Å². The van der Waals surface area contributed by atoms with Crippen LogP contribution < -0.4 is 5.32 Å². The summed E-state index contributed by atoms with van der Waals surface area (Å²) in [5.74, 6) is -0.166. The minimum atomic E-state index is -0.166. The van der Waals surface area contributed by atoms with Crippen LogP contribution in [0.4, 0.5) is 4.39 Å². The van der Waals surface area contributed by atoms with Crippen molar-refractivity contribution in [2.75, 3.05) is 7.11 Å². The van der Waals surface area contributed by atoms with Gasteiger partial charge in [-0.05, 0) is 37.0 Å². The van der Waals surface area contributed by atoms with Crippen LogP contribution in [0.3, 0.4) is 0 Å². The molecule has 1 N–H and O–H groups in total. The van der Waals surface area contributed by atoms with Crippen molar-refractivity contribution in [3.05, 3.63) is 35.6 Å². The first-order chi connectivity index (χ1) is 9.22. The molecule has 0 bridgehead atoms. The van der Waals surface area contributed by atoms with Crippen molar-refractivity contribution in [3.8, 4) is 0 Å². The van der Waals surface area contributed by atoms with Crippen LogP contribution in [0.15, 0.2) is 24.3 Å². The third-order valence-electron chi connectivity index (χ3n) is 3.98. The second-order valence-corrected chi connectivity index (χ2v) is 5.44. The number of benzene rings is 1. The zero-order valence-electron chi connectivity index (χ0n) is 11.9. The van der Waals surface area contributed by atoms with E-state index in [0.29, 0.717) is 18.2 Å². The predicted molar refractivity (Wildman–Crippen MR) is 75.6 cm³/mol. The van der Waals surface area contributed by atoms with Crippen LogP contribution in [0.2, 0.25) is 0 Å². The molecular formula is C16H24FNO. The second kappa shape index (κ2) is 7.01. The predicted octanol–water partition coefficient (Wildman–Crippen LogP) is 3.82. The molecule has 0 amide bonds. The summed E-state index contributed by atoms with van der Waals surface area (Å²) in [7, 11) is 1.77. The Bertz CT molecular complexity index is 373. The summed E-state index contributed by atoms with van der Waals surface area (Å²) in [5, 5.41) is 3.69. The Kier molecular flexibility index (Phi) is 5.34. The van der Waals surface area contributed by atoms with Crippen LogP contribution in [0, 0.1) is 5.82 Å². The fourth-order valence-electron chi connectivity index (χ4n) is 2.63. The van der Waals surface area contributed by atoms with Crippen LogP contribution in [0.1, 0.15) is 50.6 Å². The largest absolute Gasteiger partial charge is 0.381 e. The SMILES string of the molecule is CCCCC(NC1CC(OC)C1)c1ccc(F)cc1. The lowest BCUT2D eigenvalue weighted by molar-refractivity contribution is 0.0137. The third-order valence-corrected chi connectivity index (χ3v) is 3.98. The molecule has 19 heavy (non-hydrogen) atoms. The topological polar surface area (TPSA) is 21.3 Å². The van der Waals surface area contributed by atoms with Crippen LogP contribution in [0.5, 0.6) is 0 Å². The fourth-order valence-corrected chi connectivity index (χ4v) is 2.63. The van der Waals surface area contributed by atoms with Crippen molar-refractivity contribution in [1.29, 1.82) is 0 Å². The standard InChI is InChI=1S/C16H24FNO/c1-3-4-5-16(12-6-8-13(17)9-7-12)18-14-10-15(11-14)19-2/h6-9,14-16,18H,3-5,10-11H2,1-2H3. The van der Waals surface area contributed by atoms with E-state index < -0.39 is 0 Å². The molecule has 1 aromatic carbocycles. The summed E-state index contributed by atoms with van der Waals surface area (Å²) in [4.78, 5) is 0. The highest BCUT2D eigenvalue weighted by molar-refractivity contribution is 5.20. The lowest BCUT2D eigenvalue weighted by Crippen LogP contribution is -2.46. The van der Waals surface area contributed by atoms with Gasteiger partial charge in [-0.25, -0.2) is 4.39 Å². The Morgan fingerprint density at radius 3 is 2.58 bits per heavy atom. The number of hydrogen-bond acceptors (Lipinski definition) is 2. The van der Waals surface area contributed by atoms with Crippen molar-refractivity contribution in [3.63, 3.8) is 0 Å². The van der Waals surface area contributed by atoms with Crippen molar-refractivity contribution in [1.82, 2.24) is 5.32 Å². The van der Waals surface area contributed by atoms with Crippen molar-refractivity contribution >= 4 is 0 Å². The molecule has 1 aliphatic rings. The second-order valence-electron chi connectivity index (χ2n) is 5.44. The van der Waals surface area contributed by atoms with Gasteiger partial charge in [-0.1, -0.05) is 31.9 Å². The number of ether oxygens (including phenoxy) is 1. The monoisotopic (exact) mass is 265 g/mol. The zero-order chi connectivity index (χ0) is 13.7. The molecule has 1 aliphatic carbocycles. The van der Waals surface area contributed by atoms with Gasteiger partial charge in [0.25, 0.3) is 0 Å². The van der Waals surface area contributed by atoms with Gasteiger partial charge in [0.2, 0.25) is 0 Å². The Hall–Kier alpha value is -0.930. The van der Waals surface area contributed by atoms with E-state index in [0.717, 1.165) is 19.3 Å². The van der Waals surface area contributed by atoms with Crippen LogP contribution in [-0.2, 0) is 4.74 Å². The highest BCUT2D eigenvalue weighted by Gasteiger charge is 2.30. The smallest absolute Gasteiger partial charge is 0.123 e. The maximum atomic E-state index is 13.0. The zero-order valence-corrected chi connectivity index (χ0v) is 11.9. The molecule has 0 radical (unpaired) electrons. The Balaban J connectivity index is 1.93. The molecule has 1 unspecified atom stereocenters. The Labute approximate surface area is 115 Å². The normalized spacial score (nSPS) is 23.9. The number of halogens is 1. The number of hydrogen-bond donors (Lipinski definition) is 1. The van der Waals surface area contributed by atoms with Gasteiger partial charge in [-0.15, -0.1) is 0 Å². The van der Waals surface area contributed by atoms with E-state index in [1.54, 1.807) is 19.2 Å². The lowest BCUT2D eigenvalue weighted by atomic mass is 9.87. The summed E-state index contributed by atoms with van der Waals surface area (Å²) in [6, 6.07) is 7.77. The maximum absolute atomic E-state index is 13.0. The van der Waals surface area contributed by atoms with Gasteiger partial charge < -0.3 is 10.1 Å². The average Bonchev–Trinajstić information content (AvgIpc) is 2.38. The van der Waals surface area contributed by atoms with Crippen LogP contribution >= 0.6 is 0 Å². The summed E-state index contributed by atoms with van der Waals surface area (Å²) >= 11 is 0. The van der Waals surface area contributed by atoms with E-state index in [-0.39, 0.29) is 5.82 Å². The molecule has 0 saturated heterocycles. The van der Waals surface area contributed by atoms with E-state index in [4.69, 9.17) is 4.74 Å². The molecule has 1 fully saturated rings. The molecule has 0 heterocycles. The molecule has 1 saturated carbocycles. The van der Waals surface area contributed by atoms with Crippen LogP contribution in [0.25, 0.3) is 0 Å². The minimum absolute atomic E-state index is 0.166. The molecule has 0 spiro atoms. The van der Waals surface area contributed by atoms with Gasteiger partial charge in [-0.3, -0.25) is 0 Å². The summed E-state index contributed by atoms with van der Waals surface area (Å²) < 4.78 is 18.3. The molecule has 1 atom stereocenters. The van der Waals surface area contributed by atoms with Gasteiger partial charge in [0.1, 0.15) is 5.82 Å². The van der Waals surface area contributed by atoms with E-state index in [1.807, 2.05) is 12.1 Å². The third kappa shape index (κ3) is 4.02. The lowest BCUT2D eigenvalue weighted by Gasteiger charge is -2.37. The number of unbranched alkanes of at least 4 members (excludes halogenated alkanes) is 1. The van der Waals surface area contributed by atoms with Crippen LogP contribution in [-0.4, -0.2) is 19.3 Å². The molecule has 0 aliphatic heterocycles. The van der Waals surface area contributed by atoms with Crippen molar-refractivity contribution in [2.45, 2.75) is 57.2 Å². The highest BCUT2D eigenvalue weighted by atomic mass is 19.1. The quantitative estimate of drug-likeness (QED) is 0.809. The first-order valence-electron chi connectivity index (χ1n) is 7.27. The van der Waals surface area contributed by atoms with Gasteiger partial charge in [0.15, 0.2) is 0 Å². The highest BCUT2D eigenvalue weighted by Crippen LogP contribution is 2.28. The molecule has 1 aromatic rings. The maximum Gasteiger partial charge on any atom is 0.123 e. The first-order valence-corrected chi connectivity index (χ1v) is 7.27. The fraction of sp³-hybridized carbons (Fsp3) is 0.625. The van der Waals surface area contributed by atoms with E-state index in [1.165, 1.54) is 18.4 Å². The summed E-state index contributed by atoms with van der Waals surface area (Å²) in [5.41, 5.74) is 1.19. The first kappa shape index (κ1) is 14.5.